The van der Waals surface area contributed by atoms with E-state index in [1.807, 2.05) is 97.9 Å². The van der Waals surface area contributed by atoms with Crippen LogP contribution in [0.5, 0.6) is 5.75 Å². The molecule has 0 aromatic heterocycles. The van der Waals surface area contributed by atoms with Crippen LogP contribution in [-0.4, -0.2) is 17.7 Å². The summed E-state index contributed by atoms with van der Waals surface area (Å²) in [7, 11) is 0. The molecule has 3 aromatic rings. The molecule has 0 aliphatic heterocycles. The van der Waals surface area contributed by atoms with Crippen molar-refractivity contribution in [2.24, 2.45) is 28.6 Å². The van der Waals surface area contributed by atoms with E-state index in [0.29, 0.717) is 5.75 Å². The normalized spacial score (nSPS) is 34.7. The molecule has 0 amide bonds. The van der Waals surface area contributed by atoms with Gasteiger partial charge in [-0.1, -0.05) is 92.7 Å². The summed E-state index contributed by atoms with van der Waals surface area (Å²) in [6.07, 6.45) is -0.642. The first-order chi connectivity index (χ1) is 16.4. The van der Waals surface area contributed by atoms with Gasteiger partial charge in [0.2, 0.25) is 0 Å². The number of nitrogens with zero attached hydrogens (tertiary/aromatic N) is 1. The average Bonchev–Trinajstić information content (AvgIpc) is 3.46. The number of carbonyl (C=O) groups excluding carboxylic acids is 2. The minimum atomic E-state index is -1.05. The van der Waals surface area contributed by atoms with E-state index in [4.69, 9.17) is 4.74 Å². The first-order valence-corrected chi connectivity index (χ1v) is 11.7. The number of ether oxygens (including phenoxy) is 1. The van der Waals surface area contributed by atoms with Crippen molar-refractivity contribution in [3.05, 3.63) is 102 Å². The fourth-order valence-electron chi connectivity index (χ4n) is 7.23. The smallest absolute Gasteiger partial charge is 0.148 e. The monoisotopic (exact) mass is 447 g/mol. The number of para-hydroxylation sites is 1. The van der Waals surface area contributed by atoms with Crippen LogP contribution >= 0.6 is 0 Å². The van der Waals surface area contributed by atoms with E-state index in [2.05, 4.69) is 6.07 Å². The highest BCUT2D eigenvalue weighted by molar-refractivity contribution is 6.14. The second-order valence-electron chi connectivity index (χ2n) is 10.2. The van der Waals surface area contributed by atoms with Crippen LogP contribution in [0.3, 0.4) is 0 Å². The summed E-state index contributed by atoms with van der Waals surface area (Å²) >= 11 is 0. The molecule has 0 N–H and O–H groups in total. The standard InChI is InChI=1S/C30H25NO3/c1-28-22(18-31)24(34-21-16-10-5-11-17-21)23(28)26(32)29(2)25(27(28)33)30(29,19-12-6-3-7-13-19)20-14-8-4-9-15-20/h3-17,22-25H,1-2H3/t22-,23-,24-,25+,28-,29+/m0/s1. The second kappa shape index (κ2) is 6.90. The number of carbonyl (C=O) groups is 2. The summed E-state index contributed by atoms with van der Waals surface area (Å²) < 4.78 is 6.20. The molecular formula is C30H25NO3. The van der Waals surface area contributed by atoms with Crippen LogP contribution in [0.2, 0.25) is 0 Å². The number of rotatable bonds is 4. The van der Waals surface area contributed by atoms with Crippen LogP contribution in [0.4, 0.5) is 0 Å². The number of hydrogen-bond donors (Lipinski definition) is 0. The number of Topliss-reactive ketones (excluding diaryl/α,β-unsaturated/α-hetero) is 2. The van der Waals surface area contributed by atoms with Crippen LogP contribution in [-0.2, 0) is 15.0 Å². The molecular weight excluding hydrogens is 422 g/mol. The average molecular weight is 448 g/mol. The fraction of sp³-hybridized carbons (Fsp3) is 0.300. The molecule has 6 rings (SSSR count). The maximum Gasteiger partial charge on any atom is 0.148 e. The van der Waals surface area contributed by atoms with Crippen molar-refractivity contribution in [1.82, 2.24) is 0 Å². The van der Waals surface area contributed by atoms with Crippen molar-refractivity contribution < 1.29 is 14.3 Å². The molecule has 168 valence electrons. The fourth-order valence-corrected chi connectivity index (χ4v) is 7.23. The lowest BCUT2D eigenvalue weighted by Gasteiger charge is -2.57. The van der Waals surface area contributed by atoms with E-state index in [-0.39, 0.29) is 11.6 Å². The Kier molecular flexibility index (Phi) is 4.23. The van der Waals surface area contributed by atoms with Gasteiger partial charge in [0.25, 0.3) is 0 Å². The van der Waals surface area contributed by atoms with Crippen molar-refractivity contribution >= 4 is 11.6 Å². The molecule has 0 saturated heterocycles. The van der Waals surface area contributed by atoms with Crippen LogP contribution in [0.25, 0.3) is 0 Å². The third kappa shape index (κ3) is 2.23. The van der Waals surface area contributed by atoms with E-state index >= 15 is 0 Å². The molecule has 3 aromatic carbocycles. The summed E-state index contributed by atoms with van der Waals surface area (Å²) in [6.45, 7) is 3.74. The van der Waals surface area contributed by atoms with Crippen molar-refractivity contribution in [2.75, 3.05) is 0 Å². The van der Waals surface area contributed by atoms with Crippen molar-refractivity contribution in [1.29, 1.82) is 5.26 Å². The Bertz CT molecular complexity index is 1290. The first kappa shape index (κ1) is 20.9. The molecule has 0 radical (unpaired) electrons. The molecule has 3 aliphatic carbocycles. The van der Waals surface area contributed by atoms with Gasteiger partial charge in [-0.15, -0.1) is 0 Å². The number of nitriles is 1. The van der Waals surface area contributed by atoms with Crippen molar-refractivity contribution in [3.8, 4) is 11.8 Å². The van der Waals surface area contributed by atoms with Crippen LogP contribution in [0.1, 0.15) is 25.0 Å². The van der Waals surface area contributed by atoms with Crippen molar-refractivity contribution in [3.63, 3.8) is 0 Å². The summed E-state index contributed by atoms with van der Waals surface area (Å²) in [5, 5.41) is 10.1. The number of hydrogen-bond acceptors (Lipinski definition) is 4. The third-order valence-corrected chi connectivity index (χ3v) is 8.90. The molecule has 3 saturated carbocycles. The highest BCUT2D eigenvalue weighted by Gasteiger charge is 2.90. The van der Waals surface area contributed by atoms with E-state index in [0.717, 1.165) is 11.1 Å². The first-order valence-electron chi connectivity index (χ1n) is 11.7. The topological polar surface area (TPSA) is 67.2 Å². The third-order valence-electron chi connectivity index (χ3n) is 8.90. The maximum atomic E-state index is 14.4. The summed E-state index contributed by atoms with van der Waals surface area (Å²) in [4.78, 5) is 28.7. The Labute approximate surface area is 199 Å². The molecule has 3 aliphatic rings. The Morgan fingerprint density at radius 3 is 1.76 bits per heavy atom. The zero-order chi connectivity index (χ0) is 23.7. The zero-order valence-corrected chi connectivity index (χ0v) is 19.1. The minimum absolute atomic E-state index is 0.00627. The van der Waals surface area contributed by atoms with Crippen LogP contribution < -0.4 is 4.74 Å². The van der Waals surface area contributed by atoms with Gasteiger partial charge in [0.1, 0.15) is 23.4 Å². The van der Waals surface area contributed by atoms with E-state index in [9.17, 15) is 14.9 Å². The molecule has 0 heterocycles. The Balaban J connectivity index is 1.51. The number of ketones is 2. The molecule has 0 unspecified atom stereocenters. The lowest BCUT2D eigenvalue weighted by Crippen LogP contribution is -2.70. The van der Waals surface area contributed by atoms with Gasteiger partial charge in [-0.25, -0.2) is 0 Å². The zero-order valence-electron chi connectivity index (χ0n) is 19.1. The molecule has 6 atom stereocenters. The summed E-state index contributed by atoms with van der Waals surface area (Å²) in [6, 6.07) is 31.3. The minimum Gasteiger partial charge on any atom is -0.488 e. The Hall–Kier alpha value is -3.71. The van der Waals surface area contributed by atoms with Gasteiger partial charge < -0.3 is 4.74 Å². The molecule has 34 heavy (non-hydrogen) atoms. The molecule has 3 fully saturated rings. The van der Waals surface area contributed by atoms with Gasteiger partial charge in [-0.05, 0) is 23.3 Å². The molecule has 0 spiro atoms. The molecule has 0 bridgehead atoms. The molecule has 4 nitrogen and oxygen atoms in total. The van der Waals surface area contributed by atoms with Crippen molar-refractivity contribution in [2.45, 2.75) is 25.4 Å². The lowest BCUT2D eigenvalue weighted by molar-refractivity contribution is -0.183. The van der Waals surface area contributed by atoms with E-state index in [1.165, 1.54) is 0 Å². The van der Waals surface area contributed by atoms with Gasteiger partial charge >= 0.3 is 0 Å². The van der Waals surface area contributed by atoms with E-state index in [1.54, 1.807) is 6.92 Å². The van der Waals surface area contributed by atoms with Gasteiger partial charge in [0, 0.05) is 11.3 Å². The summed E-state index contributed by atoms with van der Waals surface area (Å²) in [5.41, 5.74) is -0.763. The predicted octanol–water partition coefficient (Wildman–Crippen LogP) is 4.98. The van der Waals surface area contributed by atoms with Gasteiger partial charge in [-0.3, -0.25) is 9.59 Å². The highest BCUT2D eigenvalue weighted by Crippen LogP contribution is 2.80. The Morgan fingerprint density at radius 1 is 0.765 bits per heavy atom. The van der Waals surface area contributed by atoms with Gasteiger partial charge in [0.05, 0.1) is 28.7 Å². The molecule has 4 heteroatoms. The maximum absolute atomic E-state index is 14.4. The second-order valence-corrected chi connectivity index (χ2v) is 10.2. The van der Waals surface area contributed by atoms with E-state index < -0.39 is 40.1 Å². The van der Waals surface area contributed by atoms with Crippen LogP contribution in [0, 0.1) is 39.9 Å². The SMILES string of the molecule is C[C@@]12C(=O)[C@H]3C(c4ccccc4)(c4ccccc4)[C@@]3(C)C(=O)[C@@H]1[C@@H](Oc1ccccc1)[C@@H]2C#N. The van der Waals surface area contributed by atoms with Crippen LogP contribution in [0.15, 0.2) is 91.0 Å². The quantitative estimate of drug-likeness (QED) is 0.566. The number of benzene rings is 3. The predicted molar refractivity (Wildman–Crippen MR) is 127 cm³/mol. The Morgan fingerprint density at radius 2 is 1.26 bits per heavy atom. The highest BCUT2D eigenvalue weighted by atomic mass is 16.5. The lowest BCUT2D eigenvalue weighted by atomic mass is 9.45. The van der Waals surface area contributed by atoms with Gasteiger partial charge in [-0.2, -0.15) is 5.26 Å². The summed E-state index contributed by atoms with van der Waals surface area (Å²) in [5.74, 6) is -1.20. The van der Waals surface area contributed by atoms with Gasteiger partial charge in [0.15, 0.2) is 0 Å². The number of fused-ring (bicyclic) bond motifs is 2. The largest absolute Gasteiger partial charge is 0.488 e.